The Balaban J connectivity index is 1.75. The average molecular weight is 291 g/mol. The molecule has 116 valence electrons. The van der Waals surface area contributed by atoms with Gasteiger partial charge < -0.3 is 9.47 Å². The molecule has 2 bridgehead atoms. The van der Waals surface area contributed by atoms with Crippen LogP contribution in [0.4, 0.5) is 0 Å². The number of hydrogen-bond donors (Lipinski definition) is 0. The molecule has 3 aliphatic heterocycles. The van der Waals surface area contributed by atoms with Gasteiger partial charge in [0, 0.05) is 24.4 Å². The molecule has 4 nitrogen and oxygen atoms in total. The normalized spacial score (nSPS) is 57.7. The number of ether oxygens (including phenoxy) is 2. The minimum absolute atomic E-state index is 0.0538. The standard InChI is InChI=1S/C17H25NO3/c1-9(2)12-13-11-5-4-10-8-18-6-7-20-17(18,16(10,11)3)14(12)21-15(13)19/h9-14H,4-8H2,1-3H3/t10-,11+,12+,13+,14?,16+,17+/m1/s1. The number of esters is 1. The summed E-state index contributed by atoms with van der Waals surface area (Å²) >= 11 is 0. The minimum atomic E-state index is -0.323. The van der Waals surface area contributed by atoms with Crippen molar-refractivity contribution in [2.75, 3.05) is 19.7 Å². The summed E-state index contributed by atoms with van der Waals surface area (Å²) in [6.45, 7) is 9.82. The lowest BCUT2D eigenvalue weighted by Gasteiger charge is -2.55. The van der Waals surface area contributed by atoms with Crippen LogP contribution in [0.5, 0.6) is 0 Å². The van der Waals surface area contributed by atoms with Crippen LogP contribution in [0.3, 0.4) is 0 Å². The van der Waals surface area contributed by atoms with Crippen molar-refractivity contribution in [1.82, 2.24) is 4.90 Å². The van der Waals surface area contributed by atoms with Crippen LogP contribution in [0, 0.1) is 35.0 Å². The molecule has 21 heavy (non-hydrogen) atoms. The van der Waals surface area contributed by atoms with Crippen LogP contribution in [0.25, 0.3) is 0 Å². The van der Waals surface area contributed by atoms with Gasteiger partial charge in [-0.05, 0) is 30.6 Å². The molecular formula is C17H25NO3. The predicted molar refractivity (Wildman–Crippen MR) is 76.3 cm³/mol. The van der Waals surface area contributed by atoms with E-state index in [-0.39, 0.29) is 29.1 Å². The second-order valence-corrected chi connectivity index (χ2v) is 8.36. The highest BCUT2D eigenvalue weighted by Crippen LogP contribution is 2.72. The topological polar surface area (TPSA) is 38.8 Å². The highest BCUT2D eigenvalue weighted by Gasteiger charge is 2.81. The zero-order chi connectivity index (χ0) is 14.6. The third-order valence-electron chi connectivity index (χ3n) is 7.68. The molecule has 0 radical (unpaired) electrons. The zero-order valence-corrected chi connectivity index (χ0v) is 13.2. The lowest BCUT2D eigenvalue weighted by atomic mass is 9.53. The molecule has 0 amide bonds. The van der Waals surface area contributed by atoms with Gasteiger partial charge in [0.2, 0.25) is 0 Å². The Hall–Kier alpha value is -0.610. The van der Waals surface area contributed by atoms with Gasteiger partial charge in [-0.1, -0.05) is 20.8 Å². The van der Waals surface area contributed by atoms with Gasteiger partial charge in [-0.25, -0.2) is 0 Å². The van der Waals surface area contributed by atoms with Crippen LogP contribution >= 0.6 is 0 Å². The molecule has 7 atom stereocenters. The first kappa shape index (κ1) is 12.9. The molecule has 0 N–H and O–H groups in total. The summed E-state index contributed by atoms with van der Waals surface area (Å²) in [6.07, 6.45) is 2.38. The summed E-state index contributed by atoms with van der Waals surface area (Å²) in [5.74, 6) is 2.09. The Bertz CT molecular complexity index is 520. The molecule has 5 aliphatic rings. The smallest absolute Gasteiger partial charge is 0.310 e. The second-order valence-electron chi connectivity index (χ2n) is 8.36. The Labute approximate surface area is 126 Å². The van der Waals surface area contributed by atoms with Crippen molar-refractivity contribution in [3.8, 4) is 0 Å². The van der Waals surface area contributed by atoms with Gasteiger partial charge in [0.05, 0.1) is 12.5 Å². The lowest BCUT2D eigenvalue weighted by molar-refractivity contribution is -0.240. The van der Waals surface area contributed by atoms with E-state index >= 15 is 0 Å². The maximum atomic E-state index is 12.6. The van der Waals surface area contributed by atoms with Gasteiger partial charge in [0.25, 0.3) is 0 Å². The third-order valence-corrected chi connectivity index (χ3v) is 7.68. The van der Waals surface area contributed by atoms with Crippen LogP contribution in [0.2, 0.25) is 0 Å². The number of fused-ring (bicyclic) bond motifs is 3. The van der Waals surface area contributed by atoms with E-state index in [1.807, 2.05) is 0 Å². The van der Waals surface area contributed by atoms with E-state index in [1.165, 1.54) is 12.8 Å². The van der Waals surface area contributed by atoms with Gasteiger partial charge in [-0.3, -0.25) is 9.69 Å². The molecule has 0 aromatic rings. The fraction of sp³-hybridized carbons (Fsp3) is 0.941. The van der Waals surface area contributed by atoms with Crippen LogP contribution in [-0.2, 0) is 14.3 Å². The molecule has 3 saturated heterocycles. The summed E-state index contributed by atoms with van der Waals surface area (Å²) < 4.78 is 12.4. The van der Waals surface area contributed by atoms with Gasteiger partial charge in [-0.15, -0.1) is 0 Å². The van der Waals surface area contributed by atoms with Crippen molar-refractivity contribution in [3.05, 3.63) is 0 Å². The molecule has 5 rings (SSSR count). The molecular weight excluding hydrogens is 266 g/mol. The van der Waals surface area contributed by atoms with E-state index < -0.39 is 0 Å². The van der Waals surface area contributed by atoms with Crippen LogP contribution in [-0.4, -0.2) is 42.4 Å². The monoisotopic (exact) mass is 291 g/mol. The first-order valence-electron chi connectivity index (χ1n) is 8.61. The van der Waals surface area contributed by atoms with Crippen molar-refractivity contribution in [1.29, 1.82) is 0 Å². The molecule has 2 saturated carbocycles. The highest BCUT2D eigenvalue weighted by atomic mass is 16.6. The Kier molecular flexibility index (Phi) is 2.24. The van der Waals surface area contributed by atoms with Crippen LogP contribution in [0.15, 0.2) is 0 Å². The largest absolute Gasteiger partial charge is 0.457 e. The van der Waals surface area contributed by atoms with Crippen molar-refractivity contribution >= 4 is 5.97 Å². The molecule has 0 aromatic carbocycles. The Morgan fingerprint density at radius 2 is 2.14 bits per heavy atom. The predicted octanol–water partition coefficient (Wildman–Crippen LogP) is 1.89. The molecule has 3 heterocycles. The van der Waals surface area contributed by atoms with Gasteiger partial charge in [0.1, 0.15) is 6.10 Å². The van der Waals surface area contributed by atoms with Crippen molar-refractivity contribution in [2.45, 2.75) is 45.4 Å². The third kappa shape index (κ3) is 1.12. The maximum absolute atomic E-state index is 12.6. The van der Waals surface area contributed by atoms with Crippen LogP contribution < -0.4 is 0 Å². The molecule has 5 fully saturated rings. The van der Waals surface area contributed by atoms with E-state index in [4.69, 9.17) is 9.47 Å². The fourth-order valence-corrected chi connectivity index (χ4v) is 6.97. The zero-order valence-electron chi connectivity index (χ0n) is 13.2. The van der Waals surface area contributed by atoms with E-state index in [9.17, 15) is 4.79 Å². The summed E-state index contributed by atoms with van der Waals surface area (Å²) in [6, 6.07) is 0. The molecule has 2 aliphatic carbocycles. The van der Waals surface area contributed by atoms with Crippen molar-refractivity contribution < 1.29 is 14.3 Å². The van der Waals surface area contributed by atoms with E-state index in [1.54, 1.807) is 0 Å². The number of carbonyl (C=O) groups is 1. The molecule has 0 aromatic heterocycles. The molecule has 1 unspecified atom stereocenters. The lowest BCUT2D eigenvalue weighted by Crippen LogP contribution is -2.66. The first-order valence-corrected chi connectivity index (χ1v) is 8.61. The fourth-order valence-electron chi connectivity index (χ4n) is 6.97. The van der Waals surface area contributed by atoms with Gasteiger partial charge in [-0.2, -0.15) is 0 Å². The van der Waals surface area contributed by atoms with Crippen molar-refractivity contribution in [3.63, 3.8) is 0 Å². The minimum Gasteiger partial charge on any atom is -0.457 e. The summed E-state index contributed by atoms with van der Waals surface area (Å²) in [5.41, 5.74) is -0.215. The average Bonchev–Trinajstić information content (AvgIpc) is 3.09. The maximum Gasteiger partial charge on any atom is 0.310 e. The summed E-state index contributed by atoms with van der Waals surface area (Å²) in [4.78, 5) is 15.1. The summed E-state index contributed by atoms with van der Waals surface area (Å²) in [7, 11) is 0. The molecule has 1 spiro atoms. The summed E-state index contributed by atoms with van der Waals surface area (Å²) in [5, 5.41) is 0. The first-order chi connectivity index (χ1) is 10.0. The van der Waals surface area contributed by atoms with E-state index in [2.05, 4.69) is 25.7 Å². The highest BCUT2D eigenvalue weighted by molar-refractivity contribution is 5.77. The quantitative estimate of drug-likeness (QED) is 0.692. The second kappa shape index (κ2) is 3.65. The van der Waals surface area contributed by atoms with E-state index in [0.29, 0.717) is 23.7 Å². The van der Waals surface area contributed by atoms with Gasteiger partial charge in [0.15, 0.2) is 5.72 Å². The number of rotatable bonds is 1. The molecule has 4 heteroatoms. The SMILES string of the molecule is CC(C)[C@@H]1C2OC(=O)[C@H]1[C@@H]1CC[C@@H]3CN4CCO[C@]24[C@@]31C. The van der Waals surface area contributed by atoms with Crippen molar-refractivity contribution in [2.24, 2.45) is 35.0 Å². The van der Waals surface area contributed by atoms with Gasteiger partial charge >= 0.3 is 5.97 Å². The van der Waals surface area contributed by atoms with E-state index in [0.717, 1.165) is 19.7 Å². The Morgan fingerprint density at radius 1 is 1.33 bits per heavy atom. The van der Waals surface area contributed by atoms with Crippen LogP contribution in [0.1, 0.15) is 33.6 Å². The Morgan fingerprint density at radius 3 is 2.90 bits per heavy atom. The number of hydrogen-bond acceptors (Lipinski definition) is 4. The number of nitrogens with zero attached hydrogens (tertiary/aromatic N) is 1. The number of carbonyl (C=O) groups excluding carboxylic acids is 1.